The smallest absolute Gasteiger partial charge is 0.317 e. The van der Waals surface area contributed by atoms with Crippen molar-refractivity contribution >= 4 is 11.9 Å². The summed E-state index contributed by atoms with van der Waals surface area (Å²) in [5.74, 6) is -1.12. The van der Waals surface area contributed by atoms with Crippen LogP contribution in [0.25, 0.3) is 0 Å². The van der Waals surface area contributed by atoms with E-state index in [1.807, 2.05) is 30.3 Å². The summed E-state index contributed by atoms with van der Waals surface area (Å²) in [6, 6.07) is 9.32. The van der Waals surface area contributed by atoms with Crippen LogP contribution in [0.2, 0.25) is 0 Å². The molecule has 0 unspecified atom stereocenters. The second-order valence-corrected chi connectivity index (χ2v) is 5.00. The van der Waals surface area contributed by atoms with E-state index in [0.717, 1.165) is 18.7 Å². The Kier molecular flexibility index (Phi) is 6.86. The second kappa shape index (κ2) is 9.17. The number of benzene rings is 1. The van der Waals surface area contributed by atoms with E-state index in [9.17, 15) is 9.59 Å². The molecule has 22 heavy (non-hydrogen) atoms. The molecule has 6 nitrogen and oxygen atoms in total. The minimum atomic E-state index is -0.569. The van der Waals surface area contributed by atoms with Crippen LogP contribution in [0.4, 0.5) is 0 Å². The summed E-state index contributed by atoms with van der Waals surface area (Å²) in [6.45, 7) is 4.21. The number of nitrogens with zero attached hydrogens (tertiary/aromatic N) is 1. The van der Waals surface area contributed by atoms with E-state index in [1.54, 1.807) is 0 Å². The fourth-order valence-electron chi connectivity index (χ4n) is 2.07. The molecule has 1 aliphatic rings. The molecule has 2 rings (SSSR count). The zero-order chi connectivity index (χ0) is 15.6. The fraction of sp³-hybridized carbons (Fsp3) is 0.500. The van der Waals surface area contributed by atoms with Gasteiger partial charge in [-0.25, -0.2) is 0 Å². The maximum Gasteiger partial charge on any atom is 0.317 e. The zero-order valence-corrected chi connectivity index (χ0v) is 12.5. The minimum absolute atomic E-state index is 0.167. The van der Waals surface area contributed by atoms with Crippen molar-refractivity contribution in [3.8, 4) is 0 Å². The number of carbonyl (C=O) groups excluding carboxylic acids is 2. The number of hydrogen-bond donors (Lipinski definition) is 0. The van der Waals surface area contributed by atoms with Gasteiger partial charge in [-0.15, -0.1) is 0 Å². The molecule has 0 bridgehead atoms. The molecular formula is C16H21NO5. The molecule has 0 spiro atoms. The number of carbonyl (C=O) groups is 2. The van der Waals surface area contributed by atoms with E-state index in [4.69, 9.17) is 14.2 Å². The summed E-state index contributed by atoms with van der Waals surface area (Å²) >= 11 is 0. The third kappa shape index (κ3) is 6.24. The van der Waals surface area contributed by atoms with Gasteiger partial charge in [0.05, 0.1) is 13.2 Å². The zero-order valence-electron chi connectivity index (χ0n) is 12.5. The quantitative estimate of drug-likeness (QED) is 0.553. The van der Waals surface area contributed by atoms with E-state index < -0.39 is 11.9 Å². The Balaban J connectivity index is 1.56. The summed E-state index contributed by atoms with van der Waals surface area (Å²) < 4.78 is 15.3. The number of esters is 2. The van der Waals surface area contributed by atoms with Crippen LogP contribution in [0, 0.1) is 0 Å². The molecule has 1 fully saturated rings. The fourth-order valence-corrected chi connectivity index (χ4v) is 2.07. The number of hydrogen-bond acceptors (Lipinski definition) is 6. The van der Waals surface area contributed by atoms with Gasteiger partial charge in [-0.3, -0.25) is 14.5 Å². The molecule has 0 amide bonds. The third-order valence-electron chi connectivity index (χ3n) is 3.31. The normalized spacial score (nSPS) is 15.3. The topological polar surface area (TPSA) is 65.1 Å². The van der Waals surface area contributed by atoms with E-state index in [0.29, 0.717) is 19.8 Å². The van der Waals surface area contributed by atoms with Gasteiger partial charge < -0.3 is 14.2 Å². The highest BCUT2D eigenvalue weighted by molar-refractivity contribution is 5.91. The standard InChI is InChI=1S/C16H21NO5/c18-15(21-11-8-17-6-9-20-10-7-17)12-16(19)22-13-14-4-2-1-3-5-14/h1-5H,6-13H2. The van der Waals surface area contributed by atoms with Crippen LogP contribution in [0.1, 0.15) is 12.0 Å². The lowest BCUT2D eigenvalue weighted by Crippen LogP contribution is -2.38. The monoisotopic (exact) mass is 307 g/mol. The Labute approximate surface area is 129 Å². The van der Waals surface area contributed by atoms with Crippen molar-refractivity contribution in [3.63, 3.8) is 0 Å². The molecule has 0 saturated carbocycles. The van der Waals surface area contributed by atoms with Gasteiger partial charge in [0, 0.05) is 19.6 Å². The number of ether oxygens (including phenoxy) is 3. The molecule has 1 aromatic carbocycles. The molecule has 6 heteroatoms. The SMILES string of the molecule is O=C(CC(=O)OCc1ccccc1)OCCN1CCOCC1. The molecule has 0 aromatic heterocycles. The summed E-state index contributed by atoms with van der Waals surface area (Å²) in [7, 11) is 0. The largest absolute Gasteiger partial charge is 0.464 e. The summed E-state index contributed by atoms with van der Waals surface area (Å²) in [5.41, 5.74) is 0.886. The average Bonchev–Trinajstić information content (AvgIpc) is 2.55. The maximum atomic E-state index is 11.5. The number of morpholine rings is 1. The molecule has 1 aliphatic heterocycles. The van der Waals surface area contributed by atoms with E-state index in [-0.39, 0.29) is 19.6 Å². The van der Waals surface area contributed by atoms with Crippen LogP contribution in [0.15, 0.2) is 30.3 Å². The van der Waals surface area contributed by atoms with Crippen molar-refractivity contribution in [1.29, 1.82) is 0 Å². The van der Waals surface area contributed by atoms with Gasteiger partial charge in [0.1, 0.15) is 19.6 Å². The van der Waals surface area contributed by atoms with Crippen molar-refractivity contribution in [3.05, 3.63) is 35.9 Å². The molecule has 0 radical (unpaired) electrons. The highest BCUT2D eigenvalue weighted by Crippen LogP contribution is 2.02. The summed E-state index contributed by atoms with van der Waals surface area (Å²) in [5, 5.41) is 0. The first-order valence-corrected chi connectivity index (χ1v) is 7.39. The van der Waals surface area contributed by atoms with Gasteiger partial charge in [-0.05, 0) is 5.56 Å². The predicted molar refractivity (Wildman–Crippen MR) is 79.1 cm³/mol. The van der Waals surface area contributed by atoms with Gasteiger partial charge in [0.15, 0.2) is 0 Å². The van der Waals surface area contributed by atoms with E-state index in [1.165, 1.54) is 0 Å². The number of rotatable bonds is 7. The highest BCUT2D eigenvalue weighted by Gasteiger charge is 2.14. The van der Waals surface area contributed by atoms with Crippen LogP contribution in [0.3, 0.4) is 0 Å². The van der Waals surface area contributed by atoms with Crippen LogP contribution >= 0.6 is 0 Å². The van der Waals surface area contributed by atoms with Crippen LogP contribution in [-0.4, -0.2) is 56.3 Å². The van der Waals surface area contributed by atoms with Crippen LogP contribution < -0.4 is 0 Å². The van der Waals surface area contributed by atoms with Crippen molar-refractivity contribution in [2.45, 2.75) is 13.0 Å². The first kappa shape index (κ1) is 16.5. The third-order valence-corrected chi connectivity index (χ3v) is 3.31. The highest BCUT2D eigenvalue weighted by atomic mass is 16.6. The maximum absolute atomic E-state index is 11.5. The molecule has 0 N–H and O–H groups in total. The Hall–Kier alpha value is -1.92. The van der Waals surface area contributed by atoms with Crippen LogP contribution in [0.5, 0.6) is 0 Å². The summed E-state index contributed by atoms with van der Waals surface area (Å²) in [4.78, 5) is 25.2. The average molecular weight is 307 g/mol. The lowest BCUT2D eigenvalue weighted by atomic mass is 10.2. The van der Waals surface area contributed by atoms with Gasteiger partial charge in [-0.1, -0.05) is 30.3 Å². The molecule has 1 saturated heterocycles. The van der Waals surface area contributed by atoms with Crippen molar-refractivity contribution in [2.75, 3.05) is 39.5 Å². The lowest BCUT2D eigenvalue weighted by Gasteiger charge is -2.26. The Bertz CT molecular complexity index is 471. The van der Waals surface area contributed by atoms with Gasteiger partial charge in [0.25, 0.3) is 0 Å². The molecule has 1 aromatic rings. The molecule has 0 atom stereocenters. The van der Waals surface area contributed by atoms with Crippen molar-refractivity contribution in [1.82, 2.24) is 4.90 Å². The predicted octanol–water partition coefficient (Wildman–Crippen LogP) is 0.995. The molecule has 0 aliphatic carbocycles. The van der Waals surface area contributed by atoms with Crippen molar-refractivity contribution < 1.29 is 23.8 Å². The van der Waals surface area contributed by atoms with Crippen LogP contribution in [-0.2, 0) is 30.4 Å². The van der Waals surface area contributed by atoms with E-state index >= 15 is 0 Å². The molecule has 120 valence electrons. The second-order valence-electron chi connectivity index (χ2n) is 5.00. The van der Waals surface area contributed by atoms with Gasteiger partial charge in [-0.2, -0.15) is 0 Å². The molecule has 1 heterocycles. The first-order valence-electron chi connectivity index (χ1n) is 7.39. The summed E-state index contributed by atoms with van der Waals surface area (Å²) in [6.07, 6.45) is -0.351. The molecular weight excluding hydrogens is 286 g/mol. The Morgan fingerprint density at radius 2 is 1.73 bits per heavy atom. The van der Waals surface area contributed by atoms with Gasteiger partial charge >= 0.3 is 11.9 Å². The van der Waals surface area contributed by atoms with Gasteiger partial charge in [0.2, 0.25) is 0 Å². The minimum Gasteiger partial charge on any atom is -0.464 e. The Morgan fingerprint density at radius 3 is 2.45 bits per heavy atom. The lowest BCUT2D eigenvalue weighted by molar-refractivity contribution is -0.155. The first-order chi connectivity index (χ1) is 10.7. The van der Waals surface area contributed by atoms with E-state index in [2.05, 4.69) is 4.90 Å². The van der Waals surface area contributed by atoms with Crippen molar-refractivity contribution in [2.24, 2.45) is 0 Å². The Morgan fingerprint density at radius 1 is 1.05 bits per heavy atom.